The van der Waals surface area contributed by atoms with Gasteiger partial charge in [-0.1, -0.05) is 0 Å². The lowest BCUT2D eigenvalue weighted by Crippen LogP contribution is -2.42. The third-order valence-corrected chi connectivity index (χ3v) is 2.87. The van der Waals surface area contributed by atoms with E-state index in [0.29, 0.717) is 32.6 Å². The van der Waals surface area contributed by atoms with Crippen LogP contribution in [0.2, 0.25) is 0 Å². The molecule has 1 amide bonds. The van der Waals surface area contributed by atoms with Gasteiger partial charge in [0.25, 0.3) is 0 Å². The molecule has 2 atom stereocenters. The predicted molar refractivity (Wildman–Crippen MR) is 61.4 cm³/mol. The van der Waals surface area contributed by atoms with Crippen molar-refractivity contribution in [2.24, 2.45) is 5.92 Å². The number of carbonyl (C=O) groups excluding carboxylic acids is 2. The molecule has 0 aromatic heterocycles. The van der Waals surface area contributed by atoms with Crippen molar-refractivity contribution < 1.29 is 19.1 Å². The van der Waals surface area contributed by atoms with Crippen LogP contribution in [0, 0.1) is 5.92 Å². The molecule has 1 fully saturated rings. The molecule has 2 unspecified atom stereocenters. The van der Waals surface area contributed by atoms with Crippen LogP contribution in [-0.4, -0.2) is 51.8 Å². The molecule has 1 heterocycles. The van der Waals surface area contributed by atoms with Gasteiger partial charge in [-0.15, -0.1) is 0 Å². The fraction of sp³-hybridized carbons (Fsp3) is 0.818. The van der Waals surface area contributed by atoms with Crippen LogP contribution in [0.3, 0.4) is 0 Å². The zero-order chi connectivity index (χ0) is 12.7. The van der Waals surface area contributed by atoms with Gasteiger partial charge in [-0.3, -0.25) is 9.59 Å². The number of ether oxygens (including phenoxy) is 2. The number of methoxy groups -OCH3 is 1. The minimum atomic E-state index is -0.253. The van der Waals surface area contributed by atoms with E-state index in [9.17, 15) is 9.59 Å². The summed E-state index contributed by atoms with van der Waals surface area (Å²) in [6.07, 6.45) is 0.920. The Bertz CT molecular complexity index is 270. The largest absolute Gasteiger partial charge is 0.469 e. The molecule has 6 heteroatoms. The number of hydrogen-bond acceptors (Lipinski definition) is 5. The summed E-state index contributed by atoms with van der Waals surface area (Å²) in [7, 11) is 3.17. The maximum absolute atomic E-state index is 11.8. The van der Waals surface area contributed by atoms with Gasteiger partial charge < -0.3 is 20.1 Å². The normalized spacial score (nSPS) is 23.4. The summed E-state index contributed by atoms with van der Waals surface area (Å²) in [5.41, 5.74) is 0. The monoisotopic (exact) mass is 244 g/mol. The minimum Gasteiger partial charge on any atom is -0.469 e. The van der Waals surface area contributed by atoms with E-state index in [-0.39, 0.29) is 23.8 Å². The lowest BCUT2D eigenvalue weighted by molar-refractivity contribution is -0.140. The highest BCUT2D eigenvalue weighted by Gasteiger charge is 2.32. The van der Waals surface area contributed by atoms with E-state index < -0.39 is 0 Å². The summed E-state index contributed by atoms with van der Waals surface area (Å²) >= 11 is 0. The number of nitrogens with one attached hydrogen (secondary N) is 2. The van der Waals surface area contributed by atoms with Gasteiger partial charge in [0.2, 0.25) is 5.91 Å². The van der Waals surface area contributed by atoms with Crippen LogP contribution in [0.15, 0.2) is 0 Å². The molecule has 0 spiro atoms. The predicted octanol–water partition coefficient (Wildman–Crippen LogP) is -0.710. The Morgan fingerprint density at radius 3 is 2.82 bits per heavy atom. The van der Waals surface area contributed by atoms with Gasteiger partial charge in [0, 0.05) is 19.0 Å². The number of hydrogen-bond donors (Lipinski definition) is 2. The van der Waals surface area contributed by atoms with Gasteiger partial charge >= 0.3 is 5.97 Å². The number of rotatable bonds is 6. The second kappa shape index (κ2) is 7.24. The van der Waals surface area contributed by atoms with Crippen molar-refractivity contribution in [3.8, 4) is 0 Å². The Labute approximate surface area is 101 Å². The van der Waals surface area contributed by atoms with E-state index in [1.807, 2.05) is 7.05 Å². The average molecular weight is 244 g/mol. The molecule has 0 aromatic carbocycles. The molecule has 0 radical (unpaired) electrons. The number of amides is 1. The third kappa shape index (κ3) is 4.32. The summed E-state index contributed by atoms with van der Waals surface area (Å²) in [5.74, 6) is -0.415. The van der Waals surface area contributed by atoms with Crippen molar-refractivity contribution in [2.75, 3.05) is 33.9 Å². The molecule has 0 aliphatic carbocycles. The standard InChI is InChI=1S/C11H20N2O4/c1-12-9-7-17-6-8(9)11(15)13-5-3-4-10(14)16-2/h8-9,12H,3-7H2,1-2H3,(H,13,15). The smallest absolute Gasteiger partial charge is 0.305 e. The molecular formula is C11H20N2O4. The Morgan fingerprint density at radius 1 is 1.41 bits per heavy atom. The van der Waals surface area contributed by atoms with Gasteiger partial charge in [0.1, 0.15) is 0 Å². The fourth-order valence-electron chi connectivity index (χ4n) is 1.77. The van der Waals surface area contributed by atoms with E-state index in [2.05, 4.69) is 15.4 Å². The van der Waals surface area contributed by atoms with Crippen LogP contribution in [0.4, 0.5) is 0 Å². The molecular weight excluding hydrogens is 224 g/mol. The second-order valence-electron chi connectivity index (χ2n) is 4.01. The summed E-state index contributed by atoms with van der Waals surface area (Å²) in [6, 6.07) is 0.0793. The highest BCUT2D eigenvalue weighted by atomic mass is 16.5. The highest BCUT2D eigenvalue weighted by molar-refractivity contribution is 5.79. The summed E-state index contributed by atoms with van der Waals surface area (Å²) in [4.78, 5) is 22.6. The van der Waals surface area contributed by atoms with Crippen LogP contribution in [0.5, 0.6) is 0 Å². The molecule has 0 saturated carbocycles. The molecule has 98 valence electrons. The Balaban J connectivity index is 2.18. The van der Waals surface area contributed by atoms with E-state index in [1.165, 1.54) is 7.11 Å². The van der Waals surface area contributed by atoms with Crippen molar-refractivity contribution >= 4 is 11.9 Å². The van der Waals surface area contributed by atoms with Gasteiger partial charge in [-0.2, -0.15) is 0 Å². The highest BCUT2D eigenvalue weighted by Crippen LogP contribution is 2.13. The lowest BCUT2D eigenvalue weighted by atomic mass is 10.0. The third-order valence-electron chi connectivity index (χ3n) is 2.87. The molecule has 1 saturated heterocycles. The fourth-order valence-corrected chi connectivity index (χ4v) is 1.77. The van der Waals surface area contributed by atoms with Crippen molar-refractivity contribution in [3.63, 3.8) is 0 Å². The molecule has 0 bridgehead atoms. The molecule has 1 aliphatic heterocycles. The van der Waals surface area contributed by atoms with Crippen molar-refractivity contribution in [1.82, 2.24) is 10.6 Å². The summed E-state index contributed by atoms with van der Waals surface area (Å²) in [5, 5.41) is 5.85. The number of carbonyl (C=O) groups is 2. The molecule has 2 N–H and O–H groups in total. The van der Waals surface area contributed by atoms with E-state index >= 15 is 0 Å². The molecule has 1 aliphatic rings. The summed E-state index contributed by atoms with van der Waals surface area (Å²) < 4.78 is 9.76. The van der Waals surface area contributed by atoms with Crippen LogP contribution >= 0.6 is 0 Å². The molecule has 6 nitrogen and oxygen atoms in total. The van der Waals surface area contributed by atoms with E-state index in [1.54, 1.807) is 0 Å². The van der Waals surface area contributed by atoms with Gasteiger partial charge in [0.15, 0.2) is 0 Å². The Morgan fingerprint density at radius 2 is 2.18 bits per heavy atom. The van der Waals surface area contributed by atoms with Crippen molar-refractivity contribution in [2.45, 2.75) is 18.9 Å². The second-order valence-corrected chi connectivity index (χ2v) is 4.01. The van der Waals surface area contributed by atoms with Crippen molar-refractivity contribution in [1.29, 1.82) is 0 Å². The Hall–Kier alpha value is -1.14. The Kier molecular flexibility index (Phi) is 5.93. The minimum absolute atomic E-state index is 0.0216. The lowest BCUT2D eigenvalue weighted by Gasteiger charge is -2.16. The van der Waals surface area contributed by atoms with E-state index in [0.717, 1.165) is 0 Å². The first-order chi connectivity index (χ1) is 8.19. The zero-order valence-corrected chi connectivity index (χ0v) is 10.3. The summed E-state index contributed by atoms with van der Waals surface area (Å²) in [6.45, 7) is 1.51. The van der Waals surface area contributed by atoms with Crippen LogP contribution < -0.4 is 10.6 Å². The molecule has 17 heavy (non-hydrogen) atoms. The van der Waals surface area contributed by atoms with E-state index in [4.69, 9.17) is 4.74 Å². The maximum Gasteiger partial charge on any atom is 0.305 e. The van der Waals surface area contributed by atoms with Crippen LogP contribution in [-0.2, 0) is 19.1 Å². The van der Waals surface area contributed by atoms with Crippen LogP contribution in [0.25, 0.3) is 0 Å². The first kappa shape index (κ1) is 13.9. The zero-order valence-electron chi connectivity index (χ0n) is 10.3. The van der Waals surface area contributed by atoms with Gasteiger partial charge in [0.05, 0.1) is 26.2 Å². The average Bonchev–Trinajstić information content (AvgIpc) is 2.82. The molecule has 1 rings (SSSR count). The topological polar surface area (TPSA) is 76.7 Å². The van der Waals surface area contributed by atoms with Crippen LogP contribution in [0.1, 0.15) is 12.8 Å². The SMILES string of the molecule is CNC1COCC1C(=O)NCCCC(=O)OC. The maximum atomic E-state index is 11.8. The van der Waals surface area contributed by atoms with Gasteiger partial charge in [-0.05, 0) is 13.5 Å². The number of likely N-dealkylation sites (N-methyl/N-ethyl adjacent to an activating group) is 1. The first-order valence-electron chi connectivity index (χ1n) is 5.78. The quantitative estimate of drug-likeness (QED) is 0.477. The number of esters is 1. The first-order valence-corrected chi connectivity index (χ1v) is 5.78. The van der Waals surface area contributed by atoms with Gasteiger partial charge in [-0.25, -0.2) is 0 Å². The van der Waals surface area contributed by atoms with Crippen molar-refractivity contribution in [3.05, 3.63) is 0 Å². The molecule has 0 aromatic rings.